The van der Waals surface area contributed by atoms with E-state index in [-0.39, 0.29) is 5.82 Å². The predicted molar refractivity (Wildman–Crippen MR) is 79.6 cm³/mol. The van der Waals surface area contributed by atoms with Crippen molar-refractivity contribution >= 4 is 0 Å². The molecule has 0 aliphatic heterocycles. The highest BCUT2D eigenvalue weighted by atomic mass is 19.1. The van der Waals surface area contributed by atoms with Gasteiger partial charge in [-0.3, -0.25) is 4.98 Å². The molecule has 1 aliphatic carbocycles. The number of nitrogens with zero attached hydrogens (tertiary/aromatic N) is 1. The molecular formula is C17H19FN2O. The SMILES string of the molecule is Cc1cccc(COc2cc(F)cc(CNC3CC3)c2)n1. The first-order valence-electron chi connectivity index (χ1n) is 7.27. The molecule has 0 atom stereocenters. The second-order valence-electron chi connectivity index (χ2n) is 5.51. The summed E-state index contributed by atoms with van der Waals surface area (Å²) in [7, 11) is 0. The van der Waals surface area contributed by atoms with Gasteiger partial charge in [0, 0.05) is 24.3 Å². The van der Waals surface area contributed by atoms with Crippen LogP contribution in [0.2, 0.25) is 0 Å². The summed E-state index contributed by atoms with van der Waals surface area (Å²) in [5.41, 5.74) is 2.70. The van der Waals surface area contributed by atoms with Crippen molar-refractivity contribution in [3.05, 3.63) is 59.2 Å². The van der Waals surface area contributed by atoms with Crippen LogP contribution in [0.5, 0.6) is 5.75 Å². The van der Waals surface area contributed by atoms with E-state index in [4.69, 9.17) is 4.74 Å². The normalized spacial score (nSPS) is 14.2. The zero-order valence-electron chi connectivity index (χ0n) is 12.1. The number of aromatic nitrogens is 1. The van der Waals surface area contributed by atoms with Gasteiger partial charge in [-0.2, -0.15) is 0 Å². The number of nitrogens with one attached hydrogen (secondary N) is 1. The van der Waals surface area contributed by atoms with E-state index in [9.17, 15) is 4.39 Å². The fraction of sp³-hybridized carbons (Fsp3) is 0.353. The second-order valence-corrected chi connectivity index (χ2v) is 5.51. The standard InChI is InChI=1S/C17H19FN2O/c1-12-3-2-4-16(20-12)11-21-17-8-13(7-14(18)9-17)10-19-15-5-6-15/h2-4,7-9,15,19H,5-6,10-11H2,1H3. The number of aryl methyl sites for hydroxylation is 1. The van der Waals surface area contributed by atoms with Crippen molar-refractivity contribution in [2.45, 2.75) is 39.0 Å². The number of halogens is 1. The third kappa shape index (κ3) is 4.26. The fourth-order valence-electron chi connectivity index (χ4n) is 2.19. The van der Waals surface area contributed by atoms with Crippen molar-refractivity contribution in [1.29, 1.82) is 0 Å². The highest BCUT2D eigenvalue weighted by Gasteiger charge is 2.20. The molecule has 1 aromatic carbocycles. The summed E-state index contributed by atoms with van der Waals surface area (Å²) in [5.74, 6) is 0.281. The van der Waals surface area contributed by atoms with Crippen molar-refractivity contribution in [2.75, 3.05) is 0 Å². The van der Waals surface area contributed by atoms with Gasteiger partial charge < -0.3 is 10.1 Å². The summed E-state index contributed by atoms with van der Waals surface area (Å²) in [5, 5.41) is 3.37. The van der Waals surface area contributed by atoms with E-state index >= 15 is 0 Å². The Labute approximate surface area is 124 Å². The maximum absolute atomic E-state index is 13.6. The third-order valence-corrected chi connectivity index (χ3v) is 3.44. The Morgan fingerprint density at radius 1 is 1.29 bits per heavy atom. The Bertz CT molecular complexity index is 626. The van der Waals surface area contributed by atoms with Crippen LogP contribution in [0.25, 0.3) is 0 Å². The van der Waals surface area contributed by atoms with Crippen LogP contribution in [-0.4, -0.2) is 11.0 Å². The largest absolute Gasteiger partial charge is 0.487 e. The summed E-state index contributed by atoms with van der Waals surface area (Å²) < 4.78 is 19.3. The molecule has 0 radical (unpaired) electrons. The van der Waals surface area contributed by atoms with E-state index in [1.54, 1.807) is 6.07 Å². The van der Waals surface area contributed by atoms with Gasteiger partial charge in [-0.15, -0.1) is 0 Å². The molecule has 0 amide bonds. The number of hydrogen-bond donors (Lipinski definition) is 1. The lowest BCUT2D eigenvalue weighted by atomic mass is 10.2. The molecule has 1 aromatic heterocycles. The molecule has 1 fully saturated rings. The van der Waals surface area contributed by atoms with Crippen molar-refractivity contribution in [1.82, 2.24) is 10.3 Å². The van der Waals surface area contributed by atoms with E-state index in [2.05, 4.69) is 10.3 Å². The van der Waals surface area contributed by atoms with Crippen molar-refractivity contribution in [3.8, 4) is 5.75 Å². The fourth-order valence-corrected chi connectivity index (χ4v) is 2.19. The molecule has 0 spiro atoms. The molecule has 1 saturated carbocycles. The lowest BCUT2D eigenvalue weighted by Crippen LogP contribution is -2.15. The second kappa shape index (κ2) is 6.22. The summed E-state index contributed by atoms with van der Waals surface area (Å²) in [6.07, 6.45) is 2.44. The van der Waals surface area contributed by atoms with Crippen LogP contribution < -0.4 is 10.1 Å². The predicted octanol–water partition coefficient (Wildman–Crippen LogP) is 3.36. The van der Waals surface area contributed by atoms with Gasteiger partial charge in [0.05, 0.1) is 5.69 Å². The molecule has 3 rings (SSSR count). The van der Waals surface area contributed by atoms with Gasteiger partial charge in [-0.25, -0.2) is 4.39 Å². The lowest BCUT2D eigenvalue weighted by molar-refractivity contribution is 0.299. The topological polar surface area (TPSA) is 34.1 Å². The molecule has 4 heteroatoms. The van der Waals surface area contributed by atoms with Gasteiger partial charge in [0.2, 0.25) is 0 Å². The van der Waals surface area contributed by atoms with Crippen molar-refractivity contribution in [2.24, 2.45) is 0 Å². The number of rotatable bonds is 6. The molecule has 21 heavy (non-hydrogen) atoms. The van der Waals surface area contributed by atoms with Crippen molar-refractivity contribution in [3.63, 3.8) is 0 Å². The Morgan fingerprint density at radius 3 is 2.90 bits per heavy atom. The Hall–Kier alpha value is -1.94. The minimum Gasteiger partial charge on any atom is -0.487 e. The summed E-state index contributed by atoms with van der Waals surface area (Å²) >= 11 is 0. The van der Waals surface area contributed by atoms with Crippen LogP contribution in [0, 0.1) is 12.7 Å². The van der Waals surface area contributed by atoms with Gasteiger partial charge in [0.25, 0.3) is 0 Å². The first-order valence-corrected chi connectivity index (χ1v) is 7.27. The minimum atomic E-state index is -0.266. The van der Waals surface area contributed by atoms with E-state index in [1.807, 2.05) is 31.2 Å². The van der Waals surface area contributed by atoms with Crippen LogP contribution in [-0.2, 0) is 13.2 Å². The molecule has 1 heterocycles. The first kappa shape index (κ1) is 14.0. The van der Waals surface area contributed by atoms with Gasteiger partial charge in [0.15, 0.2) is 0 Å². The van der Waals surface area contributed by atoms with Crippen molar-refractivity contribution < 1.29 is 9.13 Å². The Kier molecular flexibility index (Phi) is 4.15. The maximum atomic E-state index is 13.6. The van der Waals surface area contributed by atoms with Crippen LogP contribution in [0.15, 0.2) is 36.4 Å². The van der Waals surface area contributed by atoms with Gasteiger partial charge in [-0.05, 0) is 49.6 Å². The zero-order valence-corrected chi connectivity index (χ0v) is 12.1. The molecule has 2 aromatic rings. The molecule has 0 saturated heterocycles. The lowest BCUT2D eigenvalue weighted by Gasteiger charge is -2.09. The summed E-state index contributed by atoms with van der Waals surface area (Å²) in [6, 6.07) is 11.2. The summed E-state index contributed by atoms with van der Waals surface area (Å²) in [4.78, 5) is 4.37. The minimum absolute atomic E-state index is 0.266. The monoisotopic (exact) mass is 286 g/mol. The van der Waals surface area contributed by atoms with Crippen LogP contribution in [0.4, 0.5) is 4.39 Å². The molecular weight excluding hydrogens is 267 g/mol. The molecule has 110 valence electrons. The number of hydrogen-bond acceptors (Lipinski definition) is 3. The highest BCUT2D eigenvalue weighted by Crippen LogP contribution is 2.21. The van der Waals surface area contributed by atoms with Crippen LogP contribution in [0.3, 0.4) is 0 Å². The highest BCUT2D eigenvalue weighted by molar-refractivity contribution is 5.30. The molecule has 0 unspecified atom stereocenters. The quantitative estimate of drug-likeness (QED) is 0.884. The van der Waals surface area contributed by atoms with E-state index in [0.29, 0.717) is 24.9 Å². The van der Waals surface area contributed by atoms with Gasteiger partial charge in [0.1, 0.15) is 18.2 Å². The Morgan fingerprint density at radius 2 is 2.14 bits per heavy atom. The molecule has 1 aliphatic rings. The van der Waals surface area contributed by atoms with Crippen LogP contribution in [0.1, 0.15) is 29.8 Å². The first-order chi connectivity index (χ1) is 10.2. The molecule has 0 bridgehead atoms. The number of pyridine rings is 1. The van der Waals surface area contributed by atoms with E-state index in [0.717, 1.165) is 17.0 Å². The number of ether oxygens (including phenoxy) is 1. The molecule has 1 N–H and O–H groups in total. The van der Waals surface area contributed by atoms with Gasteiger partial charge >= 0.3 is 0 Å². The van der Waals surface area contributed by atoms with Gasteiger partial charge in [-0.1, -0.05) is 6.07 Å². The molecule has 3 nitrogen and oxygen atoms in total. The summed E-state index contributed by atoms with van der Waals surface area (Å²) in [6.45, 7) is 2.97. The zero-order chi connectivity index (χ0) is 14.7. The maximum Gasteiger partial charge on any atom is 0.130 e. The average Bonchev–Trinajstić information content (AvgIpc) is 3.27. The third-order valence-electron chi connectivity index (χ3n) is 3.44. The van der Waals surface area contributed by atoms with E-state index < -0.39 is 0 Å². The average molecular weight is 286 g/mol. The Balaban J connectivity index is 1.63. The van der Waals surface area contributed by atoms with Crippen LogP contribution >= 0.6 is 0 Å². The van der Waals surface area contributed by atoms with E-state index in [1.165, 1.54) is 18.9 Å². The smallest absolute Gasteiger partial charge is 0.130 e. The number of benzene rings is 1.